The molecule has 0 saturated carbocycles. The van der Waals surface area contributed by atoms with Crippen molar-refractivity contribution in [1.29, 1.82) is 0 Å². The normalized spacial score (nSPS) is 19.0. The molecule has 158 valence electrons. The fourth-order valence-electron chi connectivity index (χ4n) is 2.63. The Bertz CT molecular complexity index is 640. The Morgan fingerprint density at radius 1 is 1.07 bits per heavy atom. The summed E-state index contributed by atoms with van der Waals surface area (Å²) in [6.07, 6.45) is -0.774. The molecule has 1 saturated heterocycles. The number of imide groups is 1. The van der Waals surface area contributed by atoms with E-state index >= 15 is 0 Å². The zero-order chi connectivity index (χ0) is 21.5. The first-order chi connectivity index (χ1) is 13.0. The van der Waals surface area contributed by atoms with Crippen molar-refractivity contribution in [3.05, 3.63) is 0 Å². The van der Waals surface area contributed by atoms with E-state index in [1.165, 1.54) is 6.92 Å². The van der Waals surface area contributed by atoms with Gasteiger partial charge in [0, 0.05) is 26.9 Å². The van der Waals surface area contributed by atoms with Gasteiger partial charge in [0.2, 0.25) is 23.6 Å². The minimum atomic E-state index is -2.15. The first-order valence-corrected chi connectivity index (χ1v) is 8.76. The number of nitrogens with one attached hydrogen (secondary N) is 1. The molecule has 0 spiro atoms. The average molecular weight is 402 g/mol. The van der Waals surface area contributed by atoms with Gasteiger partial charge >= 0.3 is 0 Å². The molecule has 1 aliphatic rings. The van der Waals surface area contributed by atoms with E-state index in [1.807, 2.05) is 0 Å². The third kappa shape index (κ3) is 6.55. The summed E-state index contributed by atoms with van der Waals surface area (Å²) in [4.78, 5) is 58.8. The number of carbonyl (C=O) groups excluding carboxylic acids is 5. The lowest BCUT2D eigenvalue weighted by atomic mass is 9.97. The number of aliphatic hydroxyl groups is 1. The molecular formula is C16H26N4O8. The Hall–Kier alpha value is -2.57. The highest BCUT2D eigenvalue weighted by Crippen LogP contribution is 2.27. The van der Waals surface area contributed by atoms with Gasteiger partial charge in [0.15, 0.2) is 5.60 Å². The molecule has 12 nitrogen and oxygen atoms in total. The first kappa shape index (κ1) is 23.5. The Kier molecular flexibility index (Phi) is 8.47. The lowest BCUT2D eigenvalue weighted by molar-refractivity contribution is -0.163. The van der Waals surface area contributed by atoms with Gasteiger partial charge in [-0.1, -0.05) is 0 Å². The molecule has 0 aromatic heterocycles. The van der Waals surface area contributed by atoms with Crippen LogP contribution in [0.25, 0.3) is 0 Å². The van der Waals surface area contributed by atoms with E-state index in [1.54, 1.807) is 0 Å². The van der Waals surface area contributed by atoms with Crippen molar-refractivity contribution in [2.45, 2.75) is 45.1 Å². The van der Waals surface area contributed by atoms with Crippen LogP contribution in [0.1, 0.15) is 39.5 Å². The summed E-state index contributed by atoms with van der Waals surface area (Å²) in [6, 6.07) is 0. The molecule has 5 amide bonds. The second-order valence-corrected chi connectivity index (χ2v) is 6.58. The van der Waals surface area contributed by atoms with Gasteiger partial charge in [-0.15, -0.1) is 0 Å². The number of hydroxylamine groups is 4. The summed E-state index contributed by atoms with van der Waals surface area (Å²) in [7, 11) is 0. The summed E-state index contributed by atoms with van der Waals surface area (Å²) in [5, 5.41) is 32.3. The van der Waals surface area contributed by atoms with Crippen molar-refractivity contribution >= 4 is 29.5 Å². The third-order valence-corrected chi connectivity index (χ3v) is 4.19. The quantitative estimate of drug-likeness (QED) is 0.144. The average Bonchev–Trinajstić information content (AvgIpc) is 2.80. The van der Waals surface area contributed by atoms with Gasteiger partial charge in [-0.3, -0.25) is 39.3 Å². The molecule has 4 N–H and O–H groups in total. The largest absolute Gasteiger partial charge is 0.379 e. The topological polar surface area (TPSA) is 168 Å². The molecule has 1 unspecified atom stereocenters. The zero-order valence-corrected chi connectivity index (χ0v) is 15.9. The monoisotopic (exact) mass is 402 g/mol. The SMILES string of the molecule is CC(=O)N(O)CCCNC(=O)CC1(O)CC(=O)N(CCCN(O)C(C)=O)C1=O. The van der Waals surface area contributed by atoms with Gasteiger partial charge in [0.25, 0.3) is 5.91 Å². The second-order valence-electron chi connectivity index (χ2n) is 6.58. The molecule has 1 aliphatic heterocycles. The summed E-state index contributed by atoms with van der Waals surface area (Å²) in [5.74, 6) is -3.33. The molecule has 1 fully saturated rings. The van der Waals surface area contributed by atoms with E-state index in [0.29, 0.717) is 10.1 Å². The van der Waals surface area contributed by atoms with Crippen LogP contribution in [-0.4, -0.2) is 91.9 Å². The van der Waals surface area contributed by atoms with E-state index in [4.69, 9.17) is 0 Å². The van der Waals surface area contributed by atoms with Gasteiger partial charge in [-0.2, -0.15) is 0 Å². The van der Waals surface area contributed by atoms with Crippen molar-refractivity contribution in [3.63, 3.8) is 0 Å². The zero-order valence-electron chi connectivity index (χ0n) is 15.9. The van der Waals surface area contributed by atoms with E-state index in [-0.39, 0.29) is 39.0 Å². The second kappa shape index (κ2) is 10.1. The molecule has 0 radical (unpaired) electrons. The molecular weight excluding hydrogens is 376 g/mol. The first-order valence-electron chi connectivity index (χ1n) is 8.76. The number of nitrogens with zero attached hydrogens (tertiary/aromatic N) is 3. The summed E-state index contributed by atoms with van der Waals surface area (Å²) in [6.45, 7) is 2.24. The molecule has 0 aromatic carbocycles. The van der Waals surface area contributed by atoms with Crippen LogP contribution >= 0.6 is 0 Å². The molecule has 1 rings (SSSR count). The number of rotatable bonds is 10. The lowest BCUT2D eigenvalue weighted by Crippen LogP contribution is -2.45. The molecule has 0 bridgehead atoms. The van der Waals surface area contributed by atoms with Gasteiger partial charge in [0.05, 0.1) is 25.9 Å². The van der Waals surface area contributed by atoms with E-state index in [9.17, 15) is 39.5 Å². The number of carbonyl (C=O) groups is 5. The van der Waals surface area contributed by atoms with Crippen molar-refractivity contribution < 1.29 is 39.5 Å². The van der Waals surface area contributed by atoms with Gasteiger partial charge < -0.3 is 10.4 Å². The Morgan fingerprint density at radius 3 is 2.14 bits per heavy atom. The third-order valence-electron chi connectivity index (χ3n) is 4.19. The molecule has 12 heteroatoms. The van der Waals surface area contributed by atoms with E-state index < -0.39 is 48.0 Å². The van der Waals surface area contributed by atoms with Crippen LogP contribution in [0.4, 0.5) is 0 Å². The highest BCUT2D eigenvalue weighted by Gasteiger charge is 2.51. The van der Waals surface area contributed by atoms with Gasteiger partial charge in [-0.25, -0.2) is 10.1 Å². The predicted molar refractivity (Wildman–Crippen MR) is 91.5 cm³/mol. The minimum Gasteiger partial charge on any atom is -0.379 e. The van der Waals surface area contributed by atoms with Crippen LogP contribution in [0.3, 0.4) is 0 Å². The maximum Gasteiger partial charge on any atom is 0.262 e. The van der Waals surface area contributed by atoms with Gasteiger partial charge in [0.1, 0.15) is 0 Å². The maximum atomic E-state index is 12.3. The number of hydrogen-bond acceptors (Lipinski definition) is 8. The highest BCUT2D eigenvalue weighted by molar-refractivity contribution is 6.09. The van der Waals surface area contributed by atoms with Crippen molar-refractivity contribution in [3.8, 4) is 0 Å². The van der Waals surface area contributed by atoms with Crippen LogP contribution in [0.15, 0.2) is 0 Å². The smallest absolute Gasteiger partial charge is 0.262 e. The Morgan fingerprint density at radius 2 is 1.61 bits per heavy atom. The molecule has 0 aromatic rings. The van der Waals surface area contributed by atoms with Crippen LogP contribution in [0.2, 0.25) is 0 Å². The highest BCUT2D eigenvalue weighted by atomic mass is 16.5. The van der Waals surface area contributed by atoms with Crippen molar-refractivity contribution in [2.75, 3.05) is 26.2 Å². The minimum absolute atomic E-state index is 0.00716. The molecule has 1 atom stereocenters. The fraction of sp³-hybridized carbons (Fsp3) is 0.688. The summed E-state index contributed by atoms with van der Waals surface area (Å²) < 4.78 is 0. The summed E-state index contributed by atoms with van der Waals surface area (Å²) >= 11 is 0. The van der Waals surface area contributed by atoms with Crippen LogP contribution in [0.5, 0.6) is 0 Å². The van der Waals surface area contributed by atoms with E-state index in [2.05, 4.69) is 5.32 Å². The Labute approximate surface area is 161 Å². The van der Waals surface area contributed by atoms with Crippen molar-refractivity contribution in [1.82, 2.24) is 20.3 Å². The fourth-order valence-corrected chi connectivity index (χ4v) is 2.63. The maximum absolute atomic E-state index is 12.3. The Balaban J connectivity index is 2.47. The lowest BCUT2D eigenvalue weighted by Gasteiger charge is -2.21. The van der Waals surface area contributed by atoms with Gasteiger partial charge in [-0.05, 0) is 12.8 Å². The molecule has 1 heterocycles. The van der Waals surface area contributed by atoms with Crippen LogP contribution in [-0.2, 0) is 24.0 Å². The van der Waals surface area contributed by atoms with Crippen molar-refractivity contribution in [2.24, 2.45) is 0 Å². The van der Waals surface area contributed by atoms with Crippen LogP contribution < -0.4 is 5.32 Å². The summed E-state index contributed by atoms with van der Waals surface area (Å²) in [5.41, 5.74) is -2.15. The number of amides is 5. The number of likely N-dealkylation sites (tertiary alicyclic amines) is 1. The molecule has 28 heavy (non-hydrogen) atoms. The van der Waals surface area contributed by atoms with Crippen LogP contribution in [0, 0.1) is 0 Å². The number of hydrogen-bond donors (Lipinski definition) is 4. The van der Waals surface area contributed by atoms with E-state index in [0.717, 1.165) is 11.8 Å². The predicted octanol–water partition coefficient (Wildman–Crippen LogP) is -1.76. The standard InChI is InChI=1S/C16H26N4O8/c1-11(21)19(27)7-3-5-17-13(23)9-16(26)10-14(24)18(15(16)25)6-4-8-20(28)12(2)22/h26-28H,3-10H2,1-2H3,(H,17,23). The molecule has 0 aliphatic carbocycles.